The lowest BCUT2D eigenvalue weighted by Crippen LogP contribution is -2.14. The number of rotatable bonds is 8. The largest absolute Gasteiger partial charge is 0.497 e. The normalized spacial score (nSPS) is 10.8. The number of hydrogen-bond acceptors (Lipinski definition) is 8. The standard InChI is InChI=1S/C27H21ClFN7O2/c1-38-17-5-2-15(3-6-17)13-32-23-9-7-18-25(33-22-10-11-31-14-20(22)24(30)37)35-27(36-26(18)34-23)19-12-16(28)4-8-21(19)29/h2-12,14H,13H2,1H3,(H2,30,37)(H2,31,32,33,34,35,36). The van der Waals surface area contributed by atoms with E-state index in [-0.39, 0.29) is 17.0 Å². The van der Waals surface area contributed by atoms with E-state index in [4.69, 9.17) is 22.1 Å². The number of hydrogen-bond donors (Lipinski definition) is 3. The van der Waals surface area contributed by atoms with Gasteiger partial charge in [0, 0.05) is 24.0 Å². The monoisotopic (exact) mass is 529 g/mol. The number of halogens is 2. The first-order valence-electron chi connectivity index (χ1n) is 11.4. The molecule has 1 amide bonds. The predicted octanol–water partition coefficient (Wildman–Crippen LogP) is 5.34. The quantitative estimate of drug-likeness (QED) is 0.246. The Kier molecular flexibility index (Phi) is 6.96. The maximum atomic E-state index is 14.8. The number of pyridine rings is 2. The van der Waals surface area contributed by atoms with Crippen LogP contribution in [-0.2, 0) is 6.54 Å². The fourth-order valence-corrected chi connectivity index (χ4v) is 3.93. The summed E-state index contributed by atoms with van der Waals surface area (Å²) in [4.78, 5) is 29.6. The third kappa shape index (κ3) is 5.30. The summed E-state index contributed by atoms with van der Waals surface area (Å²) in [5.74, 6) is 0.473. The number of nitrogens with zero attached hydrogens (tertiary/aromatic N) is 4. The SMILES string of the molecule is COc1ccc(CNc2ccc3c(Nc4ccncc4C(N)=O)nc(-c4cc(Cl)ccc4F)nc3n2)cc1. The zero-order valence-electron chi connectivity index (χ0n) is 20.1. The lowest BCUT2D eigenvalue weighted by molar-refractivity contribution is 0.100. The molecule has 0 spiro atoms. The maximum absolute atomic E-state index is 14.8. The van der Waals surface area contributed by atoms with E-state index < -0.39 is 11.7 Å². The lowest BCUT2D eigenvalue weighted by atomic mass is 10.2. The Balaban J connectivity index is 1.57. The third-order valence-corrected chi connectivity index (χ3v) is 5.94. The molecule has 38 heavy (non-hydrogen) atoms. The first-order chi connectivity index (χ1) is 18.4. The molecular formula is C27H21ClFN7O2. The topological polar surface area (TPSA) is 128 Å². The highest BCUT2D eigenvalue weighted by atomic mass is 35.5. The van der Waals surface area contributed by atoms with Crippen LogP contribution in [-0.4, -0.2) is 33.0 Å². The number of ether oxygens (including phenoxy) is 1. The van der Waals surface area contributed by atoms with Crippen molar-refractivity contribution in [3.05, 3.63) is 95.0 Å². The van der Waals surface area contributed by atoms with Gasteiger partial charge in [0.1, 0.15) is 23.2 Å². The first-order valence-corrected chi connectivity index (χ1v) is 11.8. The van der Waals surface area contributed by atoms with Crippen LogP contribution in [0, 0.1) is 5.82 Å². The minimum Gasteiger partial charge on any atom is -0.497 e. The minimum absolute atomic E-state index is 0.0643. The van der Waals surface area contributed by atoms with E-state index in [1.165, 1.54) is 30.6 Å². The average Bonchev–Trinajstić information content (AvgIpc) is 2.93. The number of fused-ring (bicyclic) bond motifs is 1. The van der Waals surface area contributed by atoms with E-state index in [0.29, 0.717) is 39.9 Å². The molecule has 3 aromatic heterocycles. The second-order valence-electron chi connectivity index (χ2n) is 8.20. The molecule has 0 atom stereocenters. The molecule has 0 radical (unpaired) electrons. The summed E-state index contributed by atoms with van der Waals surface area (Å²) in [7, 11) is 1.62. The van der Waals surface area contributed by atoms with Gasteiger partial charge in [-0.25, -0.2) is 19.3 Å². The zero-order valence-corrected chi connectivity index (χ0v) is 20.8. The van der Waals surface area contributed by atoms with Gasteiger partial charge in [-0.15, -0.1) is 0 Å². The predicted molar refractivity (Wildman–Crippen MR) is 144 cm³/mol. The number of anilines is 3. The summed E-state index contributed by atoms with van der Waals surface area (Å²) >= 11 is 6.12. The van der Waals surface area contributed by atoms with Gasteiger partial charge < -0.3 is 21.1 Å². The van der Waals surface area contributed by atoms with Crippen LogP contribution >= 0.6 is 11.6 Å². The van der Waals surface area contributed by atoms with Gasteiger partial charge in [-0.3, -0.25) is 9.78 Å². The maximum Gasteiger partial charge on any atom is 0.252 e. The number of nitrogens with one attached hydrogen (secondary N) is 2. The van der Waals surface area contributed by atoms with Gasteiger partial charge >= 0.3 is 0 Å². The molecule has 4 N–H and O–H groups in total. The molecule has 0 fully saturated rings. The molecule has 9 nitrogen and oxygen atoms in total. The highest BCUT2D eigenvalue weighted by molar-refractivity contribution is 6.30. The fraction of sp³-hybridized carbons (Fsp3) is 0.0741. The van der Waals surface area contributed by atoms with E-state index in [9.17, 15) is 9.18 Å². The Morgan fingerprint density at radius 2 is 1.87 bits per heavy atom. The van der Waals surface area contributed by atoms with Gasteiger partial charge in [0.05, 0.1) is 29.3 Å². The van der Waals surface area contributed by atoms with Gasteiger partial charge in [0.15, 0.2) is 11.5 Å². The second kappa shape index (κ2) is 10.7. The molecule has 0 aliphatic rings. The number of primary amides is 1. The fourth-order valence-electron chi connectivity index (χ4n) is 3.76. The van der Waals surface area contributed by atoms with Crippen molar-refractivity contribution in [1.82, 2.24) is 19.9 Å². The van der Waals surface area contributed by atoms with E-state index in [1.54, 1.807) is 25.3 Å². The number of methoxy groups -OCH3 is 1. The number of benzene rings is 2. The Hall–Kier alpha value is -4.83. The summed E-state index contributed by atoms with van der Waals surface area (Å²) in [5, 5.41) is 7.24. The van der Waals surface area contributed by atoms with E-state index >= 15 is 0 Å². The molecular weight excluding hydrogens is 509 g/mol. The van der Waals surface area contributed by atoms with Crippen molar-refractivity contribution in [3.8, 4) is 17.1 Å². The van der Waals surface area contributed by atoms with Gasteiger partial charge in [-0.1, -0.05) is 23.7 Å². The second-order valence-corrected chi connectivity index (χ2v) is 8.64. The number of amides is 1. The lowest BCUT2D eigenvalue weighted by Gasteiger charge is -2.14. The molecule has 0 bridgehead atoms. The van der Waals surface area contributed by atoms with Crippen LogP contribution < -0.4 is 21.1 Å². The average molecular weight is 530 g/mol. The Bertz CT molecular complexity index is 1650. The number of carbonyl (C=O) groups excluding carboxylic acids is 1. The molecule has 0 saturated carbocycles. The molecule has 0 unspecified atom stereocenters. The Morgan fingerprint density at radius 3 is 2.63 bits per heavy atom. The van der Waals surface area contributed by atoms with Crippen LogP contribution in [0.3, 0.4) is 0 Å². The van der Waals surface area contributed by atoms with Crippen molar-refractivity contribution in [3.63, 3.8) is 0 Å². The molecule has 5 aromatic rings. The molecule has 5 rings (SSSR count). The van der Waals surface area contributed by atoms with Gasteiger partial charge in [-0.05, 0) is 54.1 Å². The highest BCUT2D eigenvalue weighted by Gasteiger charge is 2.17. The molecule has 11 heteroatoms. The molecule has 2 aromatic carbocycles. The van der Waals surface area contributed by atoms with E-state index in [1.807, 2.05) is 24.3 Å². The zero-order chi connectivity index (χ0) is 26.6. The summed E-state index contributed by atoms with van der Waals surface area (Å²) in [6, 6.07) is 16.9. The van der Waals surface area contributed by atoms with E-state index in [2.05, 4.69) is 30.6 Å². The molecule has 190 valence electrons. The number of nitrogens with two attached hydrogens (primary N) is 1. The van der Waals surface area contributed by atoms with Crippen molar-refractivity contribution in [2.45, 2.75) is 6.54 Å². The van der Waals surface area contributed by atoms with Crippen molar-refractivity contribution >= 4 is 45.9 Å². The van der Waals surface area contributed by atoms with Gasteiger partial charge in [-0.2, -0.15) is 0 Å². The van der Waals surface area contributed by atoms with Crippen LogP contribution in [0.15, 0.2) is 73.1 Å². The van der Waals surface area contributed by atoms with Crippen LogP contribution in [0.4, 0.5) is 21.7 Å². The Labute approximate surface area is 221 Å². The summed E-state index contributed by atoms with van der Waals surface area (Å²) in [5.41, 5.74) is 7.48. The number of carbonyl (C=O) groups is 1. The molecule has 0 aliphatic carbocycles. The van der Waals surface area contributed by atoms with Crippen LogP contribution in [0.2, 0.25) is 5.02 Å². The van der Waals surface area contributed by atoms with Crippen molar-refractivity contribution in [2.75, 3.05) is 17.7 Å². The summed E-state index contributed by atoms with van der Waals surface area (Å²) in [6.07, 6.45) is 2.86. The van der Waals surface area contributed by atoms with Crippen LogP contribution in [0.25, 0.3) is 22.4 Å². The van der Waals surface area contributed by atoms with Gasteiger partial charge in [0.25, 0.3) is 5.91 Å². The van der Waals surface area contributed by atoms with Gasteiger partial charge in [0.2, 0.25) is 0 Å². The molecule has 3 heterocycles. The van der Waals surface area contributed by atoms with Crippen molar-refractivity contribution < 1.29 is 13.9 Å². The highest BCUT2D eigenvalue weighted by Crippen LogP contribution is 2.30. The summed E-state index contributed by atoms with van der Waals surface area (Å²) in [6.45, 7) is 0.507. The van der Waals surface area contributed by atoms with E-state index in [0.717, 1.165) is 11.3 Å². The molecule has 0 aliphatic heterocycles. The van der Waals surface area contributed by atoms with Crippen molar-refractivity contribution in [2.24, 2.45) is 5.73 Å². The smallest absolute Gasteiger partial charge is 0.252 e. The van der Waals surface area contributed by atoms with Crippen LogP contribution in [0.1, 0.15) is 15.9 Å². The third-order valence-electron chi connectivity index (χ3n) is 5.70. The first kappa shape index (κ1) is 24.8. The van der Waals surface area contributed by atoms with Crippen LogP contribution in [0.5, 0.6) is 5.75 Å². The number of aromatic nitrogens is 4. The molecule has 0 saturated heterocycles. The summed E-state index contributed by atoms with van der Waals surface area (Å²) < 4.78 is 20.0. The van der Waals surface area contributed by atoms with Crippen molar-refractivity contribution in [1.29, 1.82) is 0 Å². The minimum atomic E-state index is -0.664. The Morgan fingerprint density at radius 1 is 1.05 bits per heavy atom.